The lowest BCUT2D eigenvalue weighted by molar-refractivity contribution is -0.128. The zero-order valence-corrected chi connectivity index (χ0v) is 7.60. The molecule has 1 rings (SSSR count). The van der Waals surface area contributed by atoms with Gasteiger partial charge in [0.15, 0.2) is 0 Å². The molecule has 0 N–H and O–H groups in total. The average Bonchev–Trinajstić information content (AvgIpc) is 2.19. The summed E-state index contributed by atoms with van der Waals surface area (Å²) in [4.78, 5) is 5.01. The molecule has 0 aliphatic carbocycles. The molecule has 0 amide bonds. The van der Waals surface area contributed by atoms with Gasteiger partial charge in [0.05, 0.1) is 19.7 Å². The van der Waals surface area contributed by atoms with Crippen molar-refractivity contribution in [2.45, 2.75) is 6.54 Å². The summed E-state index contributed by atoms with van der Waals surface area (Å²) in [6.45, 7) is 0.927. The van der Waals surface area contributed by atoms with E-state index in [9.17, 15) is 0 Å². The molecule has 1 aromatic carbocycles. The maximum Gasteiger partial charge on any atom is 0.111 e. The first-order valence-corrected chi connectivity index (χ1v) is 4.06. The maximum atomic E-state index is 8.47. The molecule has 0 aromatic heterocycles. The minimum Gasteiger partial charge on any atom is -0.301 e. The van der Waals surface area contributed by atoms with Crippen molar-refractivity contribution < 1.29 is 4.84 Å². The summed E-state index contributed by atoms with van der Waals surface area (Å²) in [5, 5.41) is 10.1. The maximum absolute atomic E-state index is 8.47. The van der Waals surface area contributed by atoms with Crippen LogP contribution >= 0.6 is 0 Å². The van der Waals surface area contributed by atoms with Gasteiger partial charge in [-0.05, 0) is 5.56 Å². The van der Waals surface area contributed by atoms with Gasteiger partial charge in [0.2, 0.25) is 0 Å². The number of nitriles is 1. The van der Waals surface area contributed by atoms with E-state index >= 15 is 0 Å². The highest BCUT2D eigenvalue weighted by atomic mass is 16.7. The molecule has 68 valence electrons. The predicted molar refractivity (Wildman–Crippen MR) is 49.5 cm³/mol. The molecule has 0 aliphatic rings. The van der Waals surface area contributed by atoms with Crippen molar-refractivity contribution in [3.05, 3.63) is 35.9 Å². The molecule has 0 atom stereocenters. The standard InChI is InChI=1S/C10H12N2O/c1-13-12(8-7-11)9-10-5-3-2-4-6-10/h2-6H,8-9H2,1H3. The Morgan fingerprint density at radius 1 is 1.38 bits per heavy atom. The molecule has 0 saturated carbocycles. The van der Waals surface area contributed by atoms with Crippen molar-refractivity contribution in [2.24, 2.45) is 0 Å². The minimum atomic E-state index is 0.283. The van der Waals surface area contributed by atoms with Gasteiger partial charge in [-0.3, -0.25) is 0 Å². The van der Waals surface area contributed by atoms with Gasteiger partial charge in [-0.25, -0.2) is 0 Å². The third-order valence-corrected chi connectivity index (χ3v) is 1.71. The van der Waals surface area contributed by atoms with Gasteiger partial charge >= 0.3 is 0 Å². The van der Waals surface area contributed by atoms with E-state index in [0.717, 1.165) is 5.56 Å². The third kappa shape index (κ3) is 3.24. The zero-order valence-electron chi connectivity index (χ0n) is 7.60. The van der Waals surface area contributed by atoms with Crippen molar-refractivity contribution >= 4 is 0 Å². The predicted octanol–water partition coefficient (Wildman–Crippen LogP) is 1.57. The molecule has 0 saturated heterocycles. The Morgan fingerprint density at radius 3 is 2.62 bits per heavy atom. The van der Waals surface area contributed by atoms with Crippen molar-refractivity contribution in [2.75, 3.05) is 13.7 Å². The zero-order chi connectivity index (χ0) is 9.52. The average molecular weight is 176 g/mol. The number of hydrogen-bond acceptors (Lipinski definition) is 3. The van der Waals surface area contributed by atoms with E-state index in [4.69, 9.17) is 10.1 Å². The van der Waals surface area contributed by atoms with Crippen LogP contribution in [-0.2, 0) is 11.4 Å². The van der Waals surface area contributed by atoms with Crippen LogP contribution in [0.3, 0.4) is 0 Å². The molecule has 0 fully saturated rings. The molecule has 13 heavy (non-hydrogen) atoms. The second-order valence-electron chi connectivity index (χ2n) is 2.62. The Hall–Kier alpha value is -1.37. The van der Waals surface area contributed by atoms with Crippen LogP contribution in [0.2, 0.25) is 0 Å². The van der Waals surface area contributed by atoms with Crippen LogP contribution in [0.5, 0.6) is 0 Å². The summed E-state index contributed by atoms with van der Waals surface area (Å²) < 4.78 is 0. The number of nitrogens with zero attached hydrogens (tertiary/aromatic N) is 2. The third-order valence-electron chi connectivity index (χ3n) is 1.71. The van der Waals surface area contributed by atoms with Gasteiger partial charge in [0, 0.05) is 0 Å². The van der Waals surface area contributed by atoms with Gasteiger partial charge in [-0.1, -0.05) is 30.3 Å². The summed E-state index contributed by atoms with van der Waals surface area (Å²) in [5.41, 5.74) is 1.14. The van der Waals surface area contributed by atoms with E-state index in [2.05, 4.69) is 0 Å². The second kappa shape index (κ2) is 5.31. The Morgan fingerprint density at radius 2 is 2.08 bits per heavy atom. The fraction of sp³-hybridized carbons (Fsp3) is 0.300. The van der Waals surface area contributed by atoms with E-state index in [1.54, 1.807) is 12.2 Å². The number of hydroxylamine groups is 2. The van der Waals surface area contributed by atoms with E-state index in [1.807, 2.05) is 36.4 Å². The van der Waals surface area contributed by atoms with E-state index in [1.165, 1.54) is 0 Å². The highest BCUT2D eigenvalue weighted by molar-refractivity contribution is 5.14. The summed E-state index contributed by atoms with van der Waals surface area (Å²) in [6, 6.07) is 11.9. The van der Waals surface area contributed by atoms with Crippen LogP contribution < -0.4 is 0 Å². The first-order chi connectivity index (χ1) is 6.36. The lowest BCUT2D eigenvalue weighted by atomic mass is 10.2. The number of hydrogen-bond donors (Lipinski definition) is 0. The summed E-state index contributed by atoms with van der Waals surface area (Å²) in [5.74, 6) is 0. The Bertz CT molecular complexity index is 279. The van der Waals surface area contributed by atoms with Gasteiger partial charge < -0.3 is 4.84 Å². The lowest BCUT2D eigenvalue weighted by Crippen LogP contribution is -2.21. The van der Waals surface area contributed by atoms with Crippen LogP contribution in [0.15, 0.2) is 30.3 Å². The fourth-order valence-corrected chi connectivity index (χ4v) is 1.05. The summed E-state index contributed by atoms with van der Waals surface area (Å²) in [6.07, 6.45) is 0. The van der Waals surface area contributed by atoms with Crippen LogP contribution in [-0.4, -0.2) is 18.7 Å². The molecular weight excluding hydrogens is 164 g/mol. The first kappa shape index (κ1) is 9.72. The normalized spacial score (nSPS) is 9.92. The van der Waals surface area contributed by atoms with Crippen molar-refractivity contribution in [1.29, 1.82) is 5.26 Å². The number of benzene rings is 1. The molecule has 0 heterocycles. The minimum absolute atomic E-state index is 0.283. The van der Waals surface area contributed by atoms with Crippen molar-refractivity contribution in [3.63, 3.8) is 0 Å². The van der Waals surface area contributed by atoms with Crippen LogP contribution in [0, 0.1) is 11.3 Å². The molecule has 0 bridgehead atoms. The second-order valence-corrected chi connectivity index (χ2v) is 2.62. The lowest BCUT2D eigenvalue weighted by Gasteiger charge is -2.15. The Balaban J connectivity index is 2.53. The van der Waals surface area contributed by atoms with Crippen molar-refractivity contribution in [3.8, 4) is 6.07 Å². The number of rotatable bonds is 4. The highest BCUT2D eigenvalue weighted by Gasteiger charge is 2.02. The Labute approximate surface area is 78.1 Å². The van der Waals surface area contributed by atoms with Crippen LogP contribution in [0.25, 0.3) is 0 Å². The molecule has 3 heteroatoms. The summed E-state index contributed by atoms with van der Waals surface area (Å²) >= 11 is 0. The Kier molecular flexibility index (Phi) is 3.97. The monoisotopic (exact) mass is 176 g/mol. The molecule has 0 spiro atoms. The molecular formula is C10H12N2O. The largest absolute Gasteiger partial charge is 0.301 e. The van der Waals surface area contributed by atoms with Gasteiger partial charge in [0.25, 0.3) is 0 Å². The molecule has 0 radical (unpaired) electrons. The van der Waals surface area contributed by atoms with Gasteiger partial charge in [-0.2, -0.15) is 10.3 Å². The van der Waals surface area contributed by atoms with Gasteiger partial charge in [-0.15, -0.1) is 0 Å². The van der Waals surface area contributed by atoms with Gasteiger partial charge in [0.1, 0.15) is 6.54 Å². The highest BCUT2D eigenvalue weighted by Crippen LogP contribution is 2.03. The fourth-order valence-electron chi connectivity index (χ4n) is 1.05. The van der Waals surface area contributed by atoms with Crippen molar-refractivity contribution in [1.82, 2.24) is 5.06 Å². The van der Waals surface area contributed by atoms with E-state index in [0.29, 0.717) is 6.54 Å². The smallest absolute Gasteiger partial charge is 0.111 e. The van der Waals surface area contributed by atoms with Crippen LogP contribution in [0.1, 0.15) is 5.56 Å². The van der Waals surface area contributed by atoms with E-state index < -0.39 is 0 Å². The molecule has 3 nitrogen and oxygen atoms in total. The quantitative estimate of drug-likeness (QED) is 0.516. The SMILES string of the molecule is CON(CC#N)Cc1ccccc1. The molecule has 0 aliphatic heterocycles. The summed E-state index contributed by atoms with van der Waals surface area (Å²) in [7, 11) is 1.57. The van der Waals surface area contributed by atoms with E-state index in [-0.39, 0.29) is 6.54 Å². The molecule has 0 unspecified atom stereocenters. The first-order valence-electron chi connectivity index (χ1n) is 4.06. The van der Waals surface area contributed by atoms with Crippen LogP contribution in [0.4, 0.5) is 0 Å². The molecule has 1 aromatic rings. The topological polar surface area (TPSA) is 36.3 Å².